The van der Waals surface area contributed by atoms with Gasteiger partial charge in [-0.2, -0.15) is 4.79 Å². The van der Waals surface area contributed by atoms with Gasteiger partial charge < -0.3 is 20.1 Å². The maximum atomic E-state index is 12.7. The number of hydrogen-bond donors (Lipinski definition) is 1. The van der Waals surface area contributed by atoms with Crippen LogP contribution in [0.4, 0.5) is 0 Å². The highest BCUT2D eigenvalue weighted by molar-refractivity contribution is 6.52. The van der Waals surface area contributed by atoms with Crippen molar-refractivity contribution in [2.24, 2.45) is 0 Å². The van der Waals surface area contributed by atoms with Crippen molar-refractivity contribution in [3.05, 3.63) is 47.2 Å². The normalized spacial score (nSPS) is 19.8. The molecule has 0 fully saturated rings. The fourth-order valence-corrected chi connectivity index (χ4v) is 2.50. The van der Waals surface area contributed by atoms with Crippen molar-refractivity contribution in [1.82, 2.24) is 0 Å². The number of aliphatic hydroxyl groups is 1. The highest BCUT2D eigenvalue weighted by atomic mass is 16.6. The molecule has 7 heteroatoms. The zero-order valence-electron chi connectivity index (χ0n) is 14.6. The standard InChI is InChI=1S/C18H20N2O5/c1-5-24-15-12(11-9-7-6-8-10-11)14(21)18(15,23)13(20-19)16(22)25-17(2,3)4/h6-10,23H,5H2,1-4H3. The SMILES string of the molecule is CCOC1=C(c2ccccc2)C(=O)C1(O)C(=[N+]=[N-])C(=O)OC(C)(C)C. The van der Waals surface area contributed by atoms with Gasteiger partial charge in [-0.15, -0.1) is 0 Å². The second-order valence-electron chi connectivity index (χ2n) is 6.49. The number of hydrogen-bond acceptors (Lipinski definition) is 5. The van der Waals surface area contributed by atoms with Gasteiger partial charge in [-0.05, 0) is 33.3 Å². The van der Waals surface area contributed by atoms with Crippen LogP contribution in [0, 0.1) is 0 Å². The Morgan fingerprint density at radius 2 is 1.88 bits per heavy atom. The fourth-order valence-electron chi connectivity index (χ4n) is 2.50. The maximum absolute atomic E-state index is 12.7. The Balaban J connectivity index is 2.52. The molecule has 0 saturated carbocycles. The summed E-state index contributed by atoms with van der Waals surface area (Å²) in [5.74, 6) is -2.03. The predicted molar refractivity (Wildman–Crippen MR) is 89.4 cm³/mol. The Bertz CT molecular complexity index is 785. The van der Waals surface area contributed by atoms with Crippen molar-refractivity contribution in [2.45, 2.75) is 38.9 Å². The van der Waals surface area contributed by atoms with E-state index in [4.69, 9.17) is 9.47 Å². The molecule has 2 rings (SSSR count). The van der Waals surface area contributed by atoms with Crippen molar-refractivity contribution in [2.75, 3.05) is 6.61 Å². The molecule has 132 valence electrons. The lowest BCUT2D eigenvalue weighted by atomic mass is 9.71. The first-order valence-electron chi connectivity index (χ1n) is 7.82. The van der Waals surface area contributed by atoms with Gasteiger partial charge in [-0.25, -0.2) is 4.79 Å². The Morgan fingerprint density at radius 1 is 1.28 bits per heavy atom. The van der Waals surface area contributed by atoms with Gasteiger partial charge in [-0.3, -0.25) is 4.79 Å². The number of esters is 1. The van der Waals surface area contributed by atoms with E-state index in [0.717, 1.165) is 0 Å². The molecule has 1 atom stereocenters. The molecule has 1 aromatic rings. The molecule has 0 aliphatic heterocycles. The summed E-state index contributed by atoms with van der Waals surface area (Å²) in [6.07, 6.45) is 0. The number of carbonyl (C=O) groups excluding carboxylic acids is 2. The van der Waals surface area contributed by atoms with Crippen molar-refractivity contribution in [3.63, 3.8) is 0 Å². The average molecular weight is 344 g/mol. The Morgan fingerprint density at radius 3 is 2.36 bits per heavy atom. The summed E-state index contributed by atoms with van der Waals surface area (Å²) in [6, 6.07) is 8.59. The lowest BCUT2D eigenvalue weighted by Crippen LogP contribution is -2.60. The summed E-state index contributed by atoms with van der Waals surface area (Å²) >= 11 is 0. The van der Waals surface area contributed by atoms with Crippen LogP contribution in [-0.2, 0) is 19.1 Å². The van der Waals surface area contributed by atoms with E-state index in [1.165, 1.54) is 0 Å². The lowest BCUT2D eigenvalue weighted by Gasteiger charge is -2.35. The van der Waals surface area contributed by atoms with Crippen LogP contribution in [0.15, 0.2) is 36.1 Å². The summed E-state index contributed by atoms with van der Waals surface area (Å²) in [4.78, 5) is 27.8. The minimum atomic E-state index is -2.47. The summed E-state index contributed by atoms with van der Waals surface area (Å²) in [5.41, 5.74) is 5.72. The summed E-state index contributed by atoms with van der Waals surface area (Å²) in [6.45, 7) is 6.65. The van der Waals surface area contributed by atoms with Gasteiger partial charge in [0.25, 0.3) is 5.60 Å². The molecule has 1 aromatic carbocycles. The second kappa shape index (κ2) is 6.63. The molecular weight excluding hydrogens is 324 g/mol. The molecule has 1 unspecified atom stereocenters. The van der Waals surface area contributed by atoms with Gasteiger partial charge in [0.2, 0.25) is 5.78 Å². The van der Waals surface area contributed by atoms with Crippen LogP contribution in [0.5, 0.6) is 0 Å². The zero-order valence-corrected chi connectivity index (χ0v) is 14.6. The van der Waals surface area contributed by atoms with Gasteiger partial charge in [0.05, 0.1) is 12.2 Å². The Kier molecular flexibility index (Phi) is 4.92. The zero-order chi connectivity index (χ0) is 18.8. The van der Waals surface area contributed by atoms with E-state index in [0.29, 0.717) is 5.56 Å². The van der Waals surface area contributed by atoms with Gasteiger partial charge in [-0.1, -0.05) is 30.3 Å². The summed E-state index contributed by atoms with van der Waals surface area (Å²) in [7, 11) is 0. The molecule has 0 heterocycles. The number of benzene rings is 1. The number of rotatable bonds is 5. The third-order valence-electron chi connectivity index (χ3n) is 3.50. The number of ketones is 1. The minimum absolute atomic E-state index is 0.134. The van der Waals surface area contributed by atoms with Gasteiger partial charge in [0, 0.05) is 0 Å². The number of Topliss-reactive ketones (excluding diaryl/α,β-unsaturated/α-hetero) is 1. The summed E-state index contributed by atoms with van der Waals surface area (Å²) < 4.78 is 10.5. The van der Waals surface area contributed by atoms with Gasteiger partial charge in [0.15, 0.2) is 5.76 Å². The maximum Gasteiger partial charge on any atom is 0.422 e. The molecule has 1 aliphatic rings. The van der Waals surface area contributed by atoms with Crippen LogP contribution >= 0.6 is 0 Å². The van der Waals surface area contributed by atoms with Crippen molar-refractivity contribution in [3.8, 4) is 0 Å². The van der Waals surface area contributed by atoms with Crippen LogP contribution < -0.4 is 0 Å². The Hall–Kier alpha value is -2.76. The van der Waals surface area contributed by atoms with Gasteiger partial charge >= 0.3 is 11.7 Å². The first-order valence-corrected chi connectivity index (χ1v) is 7.82. The highest BCUT2D eigenvalue weighted by Gasteiger charge is 2.66. The molecule has 0 radical (unpaired) electrons. The predicted octanol–water partition coefficient (Wildman–Crippen LogP) is 1.76. The van der Waals surface area contributed by atoms with E-state index in [2.05, 4.69) is 4.79 Å². The molecule has 1 N–H and O–H groups in total. The number of nitrogens with zero attached hydrogens (tertiary/aromatic N) is 2. The highest BCUT2D eigenvalue weighted by Crippen LogP contribution is 2.42. The molecule has 0 bridgehead atoms. The van der Waals surface area contributed by atoms with Crippen molar-refractivity contribution < 1.29 is 29.0 Å². The van der Waals surface area contributed by atoms with Crippen LogP contribution in [-0.4, -0.2) is 45.2 Å². The third-order valence-corrected chi connectivity index (χ3v) is 3.50. The van der Waals surface area contributed by atoms with E-state index in [1.807, 2.05) is 0 Å². The monoisotopic (exact) mass is 344 g/mol. The third kappa shape index (κ3) is 3.24. The van der Waals surface area contributed by atoms with E-state index in [9.17, 15) is 20.2 Å². The van der Waals surface area contributed by atoms with Crippen LogP contribution in [0.25, 0.3) is 11.1 Å². The van der Waals surface area contributed by atoms with Crippen LogP contribution in [0.2, 0.25) is 0 Å². The minimum Gasteiger partial charge on any atom is -0.493 e. The van der Waals surface area contributed by atoms with Gasteiger partial charge in [0.1, 0.15) is 5.60 Å². The van der Waals surface area contributed by atoms with Crippen molar-refractivity contribution in [1.29, 1.82) is 0 Å². The Labute approximate surface area is 145 Å². The fraction of sp³-hybridized carbons (Fsp3) is 0.389. The molecule has 25 heavy (non-hydrogen) atoms. The van der Waals surface area contributed by atoms with Crippen LogP contribution in [0.1, 0.15) is 33.3 Å². The molecule has 0 aromatic heterocycles. The average Bonchev–Trinajstić information content (AvgIpc) is 2.54. The summed E-state index contributed by atoms with van der Waals surface area (Å²) in [5, 5.41) is 10.8. The first kappa shape index (κ1) is 18.6. The molecule has 0 amide bonds. The molecule has 0 saturated heterocycles. The number of ether oxygens (including phenoxy) is 2. The molecule has 7 nitrogen and oxygen atoms in total. The van der Waals surface area contributed by atoms with Crippen molar-refractivity contribution >= 4 is 23.0 Å². The smallest absolute Gasteiger partial charge is 0.422 e. The molecular formula is C18H20N2O5. The number of carbonyl (C=O) groups is 2. The van der Waals surface area contributed by atoms with E-state index in [1.54, 1.807) is 58.0 Å². The van der Waals surface area contributed by atoms with E-state index >= 15 is 0 Å². The molecule has 0 spiro atoms. The first-order chi connectivity index (χ1) is 11.7. The van der Waals surface area contributed by atoms with E-state index < -0.39 is 28.7 Å². The second-order valence-corrected chi connectivity index (χ2v) is 6.49. The quantitative estimate of drug-likeness (QED) is 0.379. The largest absolute Gasteiger partial charge is 0.493 e. The van der Waals surface area contributed by atoms with Crippen LogP contribution in [0.3, 0.4) is 0 Å². The van der Waals surface area contributed by atoms with E-state index in [-0.39, 0.29) is 17.9 Å². The lowest BCUT2D eigenvalue weighted by molar-refractivity contribution is -0.157. The molecule has 1 aliphatic carbocycles. The topological polar surface area (TPSA) is 109 Å².